The van der Waals surface area contributed by atoms with Gasteiger partial charge >= 0.3 is 0 Å². The molecule has 3 N–H and O–H groups in total. The number of fused-ring (bicyclic) bond motifs is 1. The second-order valence-corrected chi connectivity index (χ2v) is 6.75. The molecular formula is C18H19BrN2O2. The first kappa shape index (κ1) is 16.0. The largest absolute Gasteiger partial charge is 0.508 e. The fraction of sp³-hybridized carbons (Fsp3) is 0.278. The van der Waals surface area contributed by atoms with E-state index in [-0.39, 0.29) is 18.1 Å². The fourth-order valence-corrected chi connectivity index (χ4v) is 4.05. The van der Waals surface area contributed by atoms with Gasteiger partial charge in [0, 0.05) is 29.2 Å². The van der Waals surface area contributed by atoms with E-state index < -0.39 is 6.04 Å². The number of carbonyl (C=O) groups excluding carboxylic acids is 1. The Morgan fingerprint density at radius 1 is 1.39 bits per heavy atom. The van der Waals surface area contributed by atoms with Gasteiger partial charge in [-0.15, -0.1) is 0 Å². The van der Waals surface area contributed by atoms with Crippen LogP contribution in [0.2, 0.25) is 0 Å². The number of anilines is 1. The van der Waals surface area contributed by atoms with Crippen molar-refractivity contribution in [2.75, 3.05) is 11.4 Å². The normalized spacial score (nSPS) is 14.7. The van der Waals surface area contributed by atoms with Crippen molar-refractivity contribution in [3.8, 4) is 5.75 Å². The number of aromatic hydroxyl groups is 1. The first-order chi connectivity index (χ1) is 11.0. The number of phenols is 1. The van der Waals surface area contributed by atoms with Crippen LogP contribution < -0.4 is 10.6 Å². The number of aryl methyl sites for hydroxylation is 1. The molecule has 1 heterocycles. The first-order valence-electron chi connectivity index (χ1n) is 7.60. The quantitative estimate of drug-likeness (QED) is 0.864. The summed E-state index contributed by atoms with van der Waals surface area (Å²) in [7, 11) is 0. The summed E-state index contributed by atoms with van der Waals surface area (Å²) in [5.41, 5.74) is 10.2. The van der Waals surface area contributed by atoms with Gasteiger partial charge in [0.25, 0.3) is 0 Å². The summed E-state index contributed by atoms with van der Waals surface area (Å²) in [5.74, 6) is 0.215. The van der Waals surface area contributed by atoms with E-state index in [4.69, 9.17) is 5.73 Å². The van der Waals surface area contributed by atoms with Crippen LogP contribution in [0.25, 0.3) is 0 Å². The summed E-state index contributed by atoms with van der Waals surface area (Å²) in [6.45, 7) is 2.59. The molecule has 0 fully saturated rings. The molecule has 0 aromatic heterocycles. The van der Waals surface area contributed by atoms with E-state index in [0.29, 0.717) is 6.54 Å². The predicted octanol–water partition coefficient (Wildman–Crippen LogP) is 3.44. The van der Waals surface area contributed by atoms with Crippen molar-refractivity contribution in [1.82, 2.24) is 0 Å². The van der Waals surface area contributed by atoms with Crippen molar-refractivity contribution in [3.05, 3.63) is 57.6 Å². The Bertz CT molecular complexity index is 737. The Labute approximate surface area is 144 Å². The molecule has 0 radical (unpaired) electrons. The van der Waals surface area contributed by atoms with Gasteiger partial charge < -0.3 is 15.7 Å². The van der Waals surface area contributed by atoms with Crippen LogP contribution in [-0.4, -0.2) is 17.6 Å². The zero-order chi connectivity index (χ0) is 16.6. The zero-order valence-corrected chi connectivity index (χ0v) is 14.5. The van der Waals surface area contributed by atoms with Gasteiger partial charge in [0.2, 0.25) is 5.91 Å². The van der Waals surface area contributed by atoms with E-state index in [1.165, 1.54) is 5.56 Å². The molecule has 4 nitrogen and oxygen atoms in total. The molecule has 1 amide bonds. The lowest BCUT2D eigenvalue weighted by atomic mass is 9.98. The van der Waals surface area contributed by atoms with Crippen molar-refractivity contribution in [1.29, 1.82) is 0 Å². The minimum atomic E-state index is -0.412. The number of hydrogen-bond donors (Lipinski definition) is 2. The molecule has 23 heavy (non-hydrogen) atoms. The third kappa shape index (κ3) is 3.12. The molecule has 0 saturated carbocycles. The number of nitrogens with zero attached hydrogens (tertiary/aromatic N) is 1. The van der Waals surface area contributed by atoms with Crippen molar-refractivity contribution in [2.24, 2.45) is 5.73 Å². The zero-order valence-electron chi connectivity index (χ0n) is 12.9. The summed E-state index contributed by atoms with van der Waals surface area (Å²) in [6, 6.07) is 10.8. The molecule has 2 aromatic carbocycles. The number of carbonyl (C=O) groups is 1. The standard InChI is InChI=1S/C18H19BrN2O2/c1-11-8-13(22)9-14(19)18(11)15(20)10-17(23)21-7-6-12-4-2-3-5-16(12)21/h2-5,8-9,15,22H,6-7,10,20H2,1H3. The van der Waals surface area contributed by atoms with Crippen LogP contribution in [-0.2, 0) is 11.2 Å². The highest BCUT2D eigenvalue weighted by atomic mass is 79.9. The molecule has 0 saturated heterocycles. The van der Waals surface area contributed by atoms with E-state index in [9.17, 15) is 9.90 Å². The molecule has 1 unspecified atom stereocenters. The maximum absolute atomic E-state index is 12.7. The molecule has 1 aliphatic heterocycles. The Morgan fingerprint density at radius 3 is 2.87 bits per heavy atom. The second-order valence-electron chi connectivity index (χ2n) is 5.89. The van der Waals surface area contributed by atoms with E-state index in [1.54, 1.807) is 12.1 Å². The van der Waals surface area contributed by atoms with Gasteiger partial charge in [-0.05, 0) is 48.2 Å². The molecule has 1 aliphatic rings. The van der Waals surface area contributed by atoms with Crippen LogP contribution in [0.4, 0.5) is 5.69 Å². The number of amides is 1. The van der Waals surface area contributed by atoms with Crippen LogP contribution in [0.1, 0.15) is 29.2 Å². The topological polar surface area (TPSA) is 66.6 Å². The highest BCUT2D eigenvalue weighted by molar-refractivity contribution is 9.10. The van der Waals surface area contributed by atoms with E-state index >= 15 is 0 Å². The van der Waals surface area contributed by atoms with Crippen LogP contribution in [0, 0.1) is 6.92 Å². The van der Waals surface area contributed by atoms with Gasteiger partial charge in [-0.1, -0.05) is 34.1 Å². The lowest BCUT2D eigenvalue weighted by Crippen LogP contribution is -2.32. The molecule has 0 aliphatic carbocycles. The second kappa shape index (κ2) is 6.34. The number of rotatable bonds is 3. The van der Waals surface area contributed by atoms with E-state index in [2.05, 4.69) is 22.0 Å². The highest BCUT2D eigenvalue weighted by Gasteiger charge is 2.26. The molecular weight excluding hydrogens is 356 g/mol. The van der Waals surface area contributed by atoms with Crippen LogP contribution in [0.15, 0.2) is 40.9 Å². The van der Waals surface area contributed by atoms with Crippen LogP contribution in [0.3, 0.4) is 0 Å². The van der Waals surface area contributed by atoms with Gasteiger partial charge in [-0.25, -0.2) is 0 Å². The Hall–Kier alpha value is -1.85. The highest BCUT2D eigenvalue weighted by Crippen LogP contribution is 2.33. The van der Waals surface area contributed by atoms with Crippen LogP contribution in [0.5, 0.6) is 5.75 Å². The molecule has 5 heteroatoms. The molecule has 2 aromatic rings. The van der Waals surface area contributed by atoms with Gasteiger partial charge in [-0.2, -0.15) is 0 Å². The van der Waals surface area contributed by atoms with E-state index in [0.717, 1.165) is 27.7 Å². The van der Waals surface area contributed by atoms with Gasteiger partial charge in [0.15, 0.2) is 0 Å². The minimum Gasteiger partial charge on any atom is -0.508 e. The molecule has 3 rings (SSSR count). The number of benzene rings is 2. The number of para-hydroxylation sites is 1. The first-order valence-corrected chi connectivity index (χ1v) is 8.39. The summed E-state index contributed by atoms with van der Waals surface area (Å²) in [4.78, 5) is 14.5. The molecule has 0 bridgehead atoms. The number of phenolic OH excluding ortho intramolecular Hbond substituents is 1. The van der Waals surface area contributed by atoms with Gasteiger partial charge in [0.05, 0.1) is 0 Å². The third-order valence-corrected chi connectivity index (χ3v) is 4.93. The summed E-state index contributed by atoms with van der Waals surface area (Å²) in [6.07, 6.45) is 1.12. The van der Waals surface area contributed by atoms with Gasteiger partial charge in [-0.3, -0.25) is 4.79 Å². The smallest absolute Gasteiger partial charge is 0.228 e. The molecule has 120 valence electrons. The number of hydrogen-bond acceptors (Lipinski definition) is 3. The fourth-order valence-electron chi connectivity index (χ4n) is 3.20. The lowest BCUT2D eigenvalue weighted by molar-refractivity contribution is -0.118. The predicted molar refractivity (Wildman–Crippen MR) is 94.6 cm³/mol. The lowest BCUT2D eigenvalue weighted by Gasteiger charge is -2.21. The summed E-state index contributed by atoms with van der Waals surface area (Å²) >= 11 is 3.43. The third-order valence-electron chi connectivity index (χ3n) is 4.27. The van der Waals surface area contributed by atoms with Crippen molar-refractivity contribution in [2.45, 2.75) is 25.8 Å². The van der Waals surface area contributed by atoms with Crippen molar-refractivity contribution < 1.29 is 9.90 Å². The Kier molecular flexibility index (Phi) is 4.41. The number of nitrogens with two attached hydrogens (primary N) is 1. The van der Waals surface area contributed by atoms with Crippen molar-refractivity contribution in [3.63, 3.8) is 0 Å². The maximum Gasteiger partial charge on any atom is 0.228 e. The Morgan fingerprint density at radius 2 is 2.13 bits per heavy atom. The summed E-state index contributed by atoms with van der Waals surface area (Å²) < 4.78 is 0.733. The average Bonchev–Trinajstić information content (AvgIpc) is 2.89. The maximum atomic E-state index is 12.7. The van der Waals surface area contributed by atoms with E-state index in [1.807, 2.05) is 30.0 Å². The molecule has 0 spiro atoms. The summed E-state index contributed by atoms with van der Waals surface area (Å²) in [5, 5.41) is 9.62. The minimum absolute atomic E-state index is 0.0295. The number of halogens is 1. The average molecular weight is 375 g/mol. The van der Waals surface area contributed by atoms with Gasteiger partial charge in [0.1, 0.15) is 5.75 Å². The molecule has 1 atom stereocenters. The SMILES string of the molecule is Cc1cc(O)cc(Br)c1C(N)CC(=O)N1CCc2ccccc21. The Balaban J connectivity index is 1.79. The van der Waals surface area contributed by atoms with Crippen LogP contribution >= 0.6 is 15.9 Å². The monoisotopic (exact) mass is 374 g/mol. The van der Waals surface area contributed by atoms with Crippen molar-refractivity contribution >= 4 is 27.5 Å².